The number of piperidine rings is 1. The van der Waals surface area contributed by atoms with E-state index in [1.54, 1.807) is 25.1 Å². The molecule has 2 heterocycles. The number of benzene rings is 1. The number of aryl methyl sites for hydroxylation is 1. The Bertz CT molecular complexity index is 882. The van der Waals surface area contributed by atoms with E-state index in [-0.39, 0.29) is 18.2 Å². The number of aliphatic hydroxyl groups is 2. The van der Waals surface area contributed by atoms with Gasteiger partial charge in [-0.2, -0.15) is 0 Å². The fourth-order valence-corrected chi connectivity index (χ4v) is 3.76. The zero-order chi connectivity index (χ0) is 20.3. The Labute approximate surface area is 173 Å². The summed E-state index contributed by atoms with van der Waals surface area (Å²) in [5, 5.41) is 22.3. The van der Waals surface area contributed by atoms with Gasteiger partial charge < -0.3 is 20.4 Å². The number of rotatable bonds is 6. The van der Waals surface area contributed by atoms with Crippen molar-refractivity contribution in [1.29, 1.82) is 0 Å². The number of halogens is 2. The zero-order valence-electron chi connectivity index (χ0n) is 15.6. The van der Waals surface area contributed by atoms with E-state index in [2.05, 4.69) is 15.2 Å². The molecule has 3 rings (SSSR count). The summed E-state index contributed by atoms with van der Waals surface area (Å²) in [5.74, 6) is 1.18. The maximum Gasteiger partial charge on any atom is 0.260 e. The number of aromatic nitrogens is 2. The summed E-state index contributed by atoms with van der Waals surface area (Å²) in [7, 11) is 0. The Kier molecular flexibility index (Phi) is 6.95. The summed E-state index contributed by atoms with van der Waals surface area (Å²) in [6, 6.07) is 6.95. The number of nitrogens with one attached hydrogen (secondary N) is 1. The van der Waals surface area contributed by atoms with E-state index in [1.165, 1.54) is 10.6 Å². The fourth-order valence-electron chi connectivity index (χ4n) is 3.38. The van der Waals surface area contributed by atoms with Gasteiger partial charge in [-0.15, -0.1) is 0 Å². The lowest BCUT2D eigenvalue weighted by Gasteiger charge is -2.33. The SMILES string of the molecule is Cc1nc(N2CCC(NCC(O)CO)CC2)cc(=O)n1-c1cccc(Cl)c1Cl. The van der Waals surface area contributed by atoms with Gasteiger partial charge in [0.2, 0.25) is 0 Å². The third-order valence-electron chi connectivity index (χ3n) is 4.92. The van der Waals surface area contributed by atoms with Crippen molar-refractivity contribution in [2.75, 3.05) is 31.1 Å². The molecule has 0 saturated carbocycles. The number of hydrogen-bond acceptors (Lipinski definition) is 6. The van der Waals surface area contributed by atoms with Crippen LogP contribution in [0.5, 0.6) is 0 Å². The largest absolute Gasteiger partial charge is 0.394 e. The van der Waals surface area contributed by atoms with Gasteiger partial charge in [0, 0.05) is 31.7 Å². The fraction of sp³-hybridized carbons (Fsp3) is 0.474. The molecule has 3 N–H and O–H groups in total. The van der Waals surface area contributed by atoms with Crippen molar-refractivity contribution in [1.82, 2.24) is 14.9 Å². The van der Waals surface area contributed by atoms with Gasteiger partial charge >= 0.3 is 0 Å². The highest BCUT2D eigenvalue weighted by atomic mass is 35.5. The van der Waals surface area contributed by atoms with Crippen LogP contribution in [0.4, 0.5) is 5.82 Å². The molecule has 0 radical (unpaired) electrons. The molecular formula is C19H24Cl2N4O3. The van der Waals surface area contributed by atoms with Crippen LogP contribution in [0.15, 0.2) is 29.1 Å². The summed E-state index contributed by atoms with van der Waals surface area (Å²) >= 11 is 12.3. The molecule has 0 bridgehead atoms. The molecule has 1 aromatic carbocycles. The van der Waals surface area contributed by atoms with Crippen LogP contribution in [-0.4, -0.2) is 58.2 Å². The molecule has 0 aliphatic carbocycles. The average molecular weight is 427 g/mol. The lowest BCUT2D eigenvalue weighted by molar-refractivity contribution is 0.0909. The molecule has 1 aliphatic heterocycles. The third-order valence-corrected chi connectivity index (χ3v) is 5.73. The highest BCUT2D eigenvalue weighted by Crippen LogP contribution is 2.28. The van der Waals surface area contributed by atoms with Gasteiger partial charge in [0.05, 0.1) is 28.4 Å². The molecule has 1 aromatic heterocycles. The molecule has 1 unspecified atom stereocenters. The molecule has 0 amide bonds. The van der Waals surface area contributed by atoms with Gasteiger partial charge in [0.1, 0.15) is 11.6 Å². The van der Waals surface area contributed by atoms with Gasteiger partial charge in [-0.3, -0.25) is 9.36 Å². The summed E-state index contributed by atoms with van der Waals surface area (Å²) in [4.78, 5) is 19.5. The third kappa shape index (κ3) is 4.67. The number of nitrogens with zero attached hydrogens (tertiary/aromatic N) is 3. The van der Waals surface area contributed by atoms with E-state index in [0.717, 1.165) is 25.9 Å². The Balaban J connectivity index is 1.74. The lowest BCUT2D eigenvalue weighted by Crippen LogP contribution is -2.45. The van der Waals surface area contributed by atoms with Crippen molar-refractivity contribution in [3.63, 3.8) is 0 Å². The standard InChI is InChI=1S/C19H24Cl2N4O3/c1-12-23-17(24-7-5-13(6-8-24)22-10-14(27)11-26)9-18(28)25(12)16-4-2-3-15(20)19(16)21/h2-4,9,13-14,22,26-27H,5-8,10-11H2,1H3. The van der Waals surface area contributed by atoms with Crippen LogP contribution < -0.4 is 15.8 Å². The Morgan fingerprint density at radius 1 is 1.32 bits per heavy atom. The second-order valence-corrected chi connectivity index (χ2v) is 7.70. The number of aliphatic hydroxyl groups excluding tert-OH is 2. The predicted molar refractivity (Wildman–Crippen MR) is 111 cm³/mol. The highest BCUT2D eigenvalue weighted by Gasteiger charge is 2.22. The molecule has 1 saturated heterocycles. The van der Waals surface area contributed by atoms with Gasteiger partial charge in [-0.1, -0.05) is 29.3 Å². The smallest absolute Gasteiger partial charge is 0.260 e. The van der Waals surface area contributed by atoms with Crippen LogP contribution >= 0.6 is 23.2 Å². The van der Waals surface area contributed by atoms with E-state index >= 15 is 0 Å². The minimum Gasteiger partial charge on any atom is -0.394 e. The molecular weight excluding hydrogens is 403 g/mol. The first-order valence-corrected chi connectivity index (χ1v) is 9.98. The van der Waals surface area contributed by atoms with E-state index in [4.69, 9.17) is 28.3 Å². The quantitative estimate of drug-likeness (QED) is 0.651. The second kappa shape index (κ2) is 9.24. The van der Waals surface area contributed by atoms with Gasteiger partial charge in [-0.25, -0.2) is 4.98 Å². The molecule has 28 heavy (non-hydrogen) atoms. The molecule has 0 spiro atoms. The molecule has 9 heteroatoms. The van der Waals surface area contributed by atoms with Crippen molar-refractivity contribution < 1.29 is 10.2 Å². The minimum absolute atomic E-state index is 0.210. The van der Waals surface area contributed by atoms with Crippen LogP contribution in [0.3, 0.4) is 0 Å². The molecule has 1 fully saturated rings. The molecule has 2 aromatic rings. The lowest BCUT2D eigenvalue weighted by atomic mass is 10.0. The normalized spacial score (nSPS) is 16.4. The molecule has 7 nitrogen and oxygen atoms in total. The summed E-state index contributed by atoms with van der Waals surface area (Å²) < 4.78 is 1.46. The maximum atomic E-state index is 12.8. The molecule has 1 aliphatic rings. The maximum absolute atomic E-state index is 12.8. The topological polar surface area (TPSA) is 90.6 Å². The van der Waals surface area contributed by atoms with Crippen LogP contribution in [0.25, 0.3) is 5.69 Å². The first-order valence-electron chi connectivity index (χ1n) is 9.23. The second-order valence-electron chi connectivity index (χ2n) is 6.91. The Hall–Kier alpha value is -1.64. The van der Waals surface area contributed by atoms with E-state index < -0.39 is 6.10 Å². The first-order chi connectivity index (χ1) is 13.4. The van der Waals surface area contributed by atoms with Crippen molar-refractivity contribution in [2.45, 2.75) is 31.9 Å². The van der Waals surface area contributed by atoms with Crippen LogP contribution in [0.2, 0.25) is 10.0 Å². The van der Waals surface area contributed by atoms with Crippen molar-refractivity contribution in [3.8, 4) is 5.69 Å². The van der Waals surface area contributed by atoms with Crippen LogP contribution in [-0.2, 0) is 0 Å². The van der Waals surface area contributed by atoms with Crippen LogP contribution in [0.1, 0.15) is 18.7 Å². The Morgan fingerprint density at radius 3 is 2.68 bits per heavy atom. The predicted octanol–water partition coefficient (Wildman–Crippen LogP) is 1.76. The molecule has 152 valence electrons. The highest BCUT2D eigenvalue weighted by molar-refractivity contribution is 6.43. The number of anilines is 1. The van der Waals surface area contributed by atoms with Crippen molar-refractivity contribution in [2.24, 2.45) is 0 Å². The van der Waals surface area contributed by atoms with E-state index in [0.29, 0.717) is 33.9 Å². The zero-order valence-corrected chi connectivity index (χ0v) is 17.1. The van der Waals surface area contributed by atoms with Gasteiger partial charge in [-0.05, 0) is 31.9 Å². The summed E-state index contributed by atoms with van der Waals surface area (Å²) in [6.45, 7) is 3.39. The number of hydrogen-bond donors (Lipinski definition) is 3. The first kappa shape index (κ1) is 21.1. The van der Waals surface area contributed by atoms with Crippen molar-refractivity contribution in [3.05, 3.63) is 50.5 Å². The van der Waals surface area contributed by atoms with Gasteiger partial charge in [0.25, 0.3) is 5.56 Å². The molecule has 1 atom stereocenters. The van der Waals surface area contributed by atoms with Crippen LogP contribution in [0, 0.1) is 6.92 Å². The van der Waals surface area contributed by atoms with E-state index in [9.17, 15) is 9.90 Å². The minimum atomic E-state index is -0.742. The average Bonchev–Trinajstić information content (AvgIpc) is 2.69. The van der Waals surface area contributed by atoms with Gasteiger partial charge in [0.15, 0.2) is 0 Å². The van der Waals surface area contributed by atoms with Crippen molar-refractivity contribution >= 4 is 29.0 Å². The summed E-state index contributed by atoms with van der Waals surface area (Å²) in [6.07, 6.45) is 0.984. The summed E-state index contributed by atoms with van der Waals surface area (Å²) in [5.41, 5.74) is 0.305. The monoisotopic (exact) mass is 426 g/mol. The Morgan fingerprint density at radius 2 is 2.04 bits per heavy atom. The van der Waals surface area contributed by atoms with E-state index in [1.807, 2.05) is 0 Å².